The van der Waals surface area contributed by atoms with E-state index in [1.807, 2.05) is 0 Å². The number of rotatable bonds is 5. The van der Waals surface area contributed by atoms with Crippen molar-refractivity contribution in [3.8, 4) is 0 Å². The highest BCUT2D eigenvalue weighted by Crippen LogP contribution is 2.20. The first-order chi connectivity index (χ1) is 11.8. The Morgan fingerprint density at radius 3 is 2.32 bits per heavy atom. The SMILES string of the molecule is CC(=O)c1ccc(NC(=O)[C@@H](C)OC(=O)c2c(F)cccc2Cl)cc1. The molecule has 0 aliphatic carbocycles. The number of benzene rings is 2. The smallest absolute Gasteiger partial charge is 0.343 e. The number of esters is 1. The van der Waals surface area contributed by atoms with Crippen LogP contribution in [0.15, 0.2) is 42.5 Å². The fourth-order valence-electron chi connectivity index (χ4n) is 2.00. The van der Waals surface area contributed by atoms with Gasteiger partial charge in [0.1, 0.15) is 11.4 Å². The van der Waals surface area contributed by atoms with Crippen molar-refractivity contribution in [2.24, 2.45) is 0 Å². The molecule has 25 heavy (non-hydrogen) atoms. The molecule has 1 N–H and O–H groups in total. The molecule has 2 rings (SSSR count). The van der Waals surface area contributed by atoms with Crippen LogP contribution < -0.4 is 5.32 Å². The third kappa shape index (κ3) is 4.64. The highest BCUT2D eigenvalue weighted by atomic mass is 35.5. The Labute approximate surface area is 148 Å². The summed E-state index contributed by atoms with van der Waals surface area (Å²) in [7, 11) is 0. The van der Waals surface area contributed by atoms with Gasteiger partial charge in [0.25, 0.3) is 5.91 Å². The molecule has 0 heterocycles. The van der Waals surface area contributed by atoms with Gasteiger partial charge in [0.05, 0.1) is 5.02 Å². The van der Waals surface area contributed by atoms with Gasteiger partial charge in [-0.1, -0.05) is 17.7 Å². The maximum absolute atomic E-state index is 13.7. The van der Waals surface area contributed by atoms with E-state index in [0.717, 1.165) is 6.07 Å². The molecule has 0 saturated carbocycles. The summed E-state index contributed by atoms with van der Waals surface area (Å²) >= 11 is 5.79. The van der Waals surface area contributed by atoms with Gasteiger partial charge in [0, 0.05) is 11.3 Å². The molecule has 2 aromatic carbocycles. The first-order valence-electron chi connectivity index (χ1n) is 7.36. The van der Waals surface area contributed by atoms with Gasteiger partial charge < -0.3 is 10.1 Å². The third-order valence-corrected chi connectivity index (χ3v) is 3.69. The molecule has 1 amide bonds. The maximum Gasteiger partial charge on any atom is 0.343 e. The van der Waals surface area contributed by atoms with Gasteiger partial charge in [-0.2, -0.15) is 0 Å². The van der Waals surface area contributed by atoms with E-state index in [-0.39, 0.29) is 10.8 Å². The largest absolute Gasteiger partial charge is 0.449 e. The molecule has 0 spiro atoms. The first kappa shape index (κ1) is 18.6. The molecule has 7 heteroatoms. The zero-order valence-corrected chi connectivity index (χ0v) is 14.3. The summed E-state index contributed by atoms with van der Waals surface area (Å²) in [5.74, 6) is -2.55. The summed E-state index contributed by atoms with van der Waals surface area (Å²) in [4.78, 5) is 35.3. The Bertz CT molecular complexity index is 800. The molecule has 0 radical (unpaired) electrons. The first-order valence-corrected chi connectivity index (χ1v) is 7.74. The van der Waals surface area contributed by atoms with E-state index in [2.05, 4.69) is 5.32 Å². The molecule has 0 saturated heterocycles. The van der Waals surface area contributed by atoms with E-state index < -0.39 is 29.4 Å². The molecule has 1 atom stereocenters. The number of carbonyl (C=O) groups is 3. The van der Waals surface area contributed by atoms with Crippen LogP contribution in [0.3, 0.4) is 0 Å². The third-order valence-electron chi connectivity index (χ3n) is 3.38. The zero-order chi connectivity index (χ0) is 18.6. The summed E-state index contributed by atoms with van der Waals surface area (Å²) < 4.78 is 18.7. The Balaban J connectivity index is 2.02. The monoisotopic (exact) mass is 363 g/mol. The van der Waals surface area contributed by atoms with Gasteiger partial charge in [-0.05, 0) is 50.2 Å². The normalized spacial score (nSPS) is 11.5. The fourth-order valence-corrected chi connectivity index (χ4v) is 2.24. The van der Waals surface area contributed by atoms with Gasteiger partial charge in [-0.3, -0.25) is 9.59 Å². The zero-order valence-electron chi connectivity index (χ0n) is 13.5. The summed E-state index contributed by atoms with van der Waals surface area (Å²) in [6.07, 6.45) is -1.17. The molecule has 5 nitrogen and oxygen atoms in total. The number of carbonyl (C=O) groups excluding carboxylic acids is 3. The van der Waals surface area contributed by atoms with Gasteiger partial charge in [0.2, 0.25) is 0 Å². The average molecular weight is 364 g/mol. The van der Waals surface area contributed by atoms with Crippen LogP contribution in [0.1, 0.15) is 34.6 Å². The maximum atomic E-state index is 13.7. The summed E-state index contributed by atoms with van der Waals surface area (Å²) in [6, 6.07) is 10.0. The minimum Gasteiger partial charge on any atom is -0.449 e. The number of ether oxygens (including phenoxy) is 1. The van der Waals surface area contributed by atoms with Crippen LogP contribution in [-0.2, 0) is 9.53 Å². The van der Waals surface area contributed by atoms with Crippen molar-refractivity contribution in [3.63, 3.8) is 0 Å². The quantitative estimate of drug-likeness (QED) is 0.646. The van der Waals surface area contributed by atoms with Crippen molar-refractivity contribution in [2.75, 3.05) is 5.32 Å². The van der Waals surface area contributed by atoms with Crippen molar-refractivity contribution in [1.82, 2.24) is 0 Å². The Hall–Kier alpha value is -2.73. The number of Topliss-reactive ketones (excluding diaryl/α,β-unsaturated/α-hetero) is 1. The van der Waals surface area contributed by atoms with Crippen LogP contribution in [-0.4, -0.2) is 23.8 Å². The fraction of sp³-hybridized carbons (Fsp3) is 0.167. The number of anilines is 1. The van der Waals surface area contributed by atoms with Crippen LogP contribution in [0.4, 0.5) is 10.1 Å². The second-order valence-electron chi connectivity index (χ2n) is 5.27. The van der Waals surface area contributed by atoms with E-state index in [1.54, 1.807) is 24.3 Å². The number of amides is 1. The van der Waals surface area contributed by atoms with Crippen molar-refractivity contribution in [3.05, 3.63) is 64.4 Å². The molecule has 0 aromatic heterocycles. The van der Waals surface area contributed by atoms with Crippen molar-refractivity contribution >= 4 is 34.9 Å². The van der Waals surface area contributed by atoms with E-state index in [1.165, 1.54) is 26.0 Å². The molecular formula is C18H15ClFNO4. The number of halogens is 2. The van der Waals surface area contributed by atoms with Crippen LogP contribution in [0, 0.1) is 5.82 Å². The predicted molar refractivity (Wildman–Crippen MR) is 91.4 cm³/mol. The van der Waals surface area contributed by atoms with Gasteiger partial charge in [-0.15, -0.1) is 0 Å². The minimum atomic E-state index is -1.17. The van der Waals surface area contributed by atoms with E-state index in [4.69, 9.17) is 16.3 Å². The topological polar surface area (TPSA) is 72.5 Å². The van der Waals surface area contributed by atoms with E-state index >= 15 is 0 Å². The summed E-state index contributed by atoms with van der Waals surface area (Å²) in [5.41, 5.74) is 0.517. The number of hydrogen-bond acceptors (Lipinski definition) is 4. The van der Waals surface area contributed by atoms with Crippen LogP contribution in [0.2, 0.25) is 5.02 Å². The molecule has 0 aliphatic rings. The molecule has 130 valence electrons. The van der Waals surface area contributed by atoms with Crippen molar-refractivity contribution in [1.29, 1.82) is 0 Å². The van der Waals surface area contributed by atoms with Crippen LogP contribution >= 0.6 is 11.6 Å². The lowest BCUT2D eigenvalue weighted by Crippen LogP contribution is -2.30. The van der Waals surface area contributed by atoms with Gasteiger partial charge >= 0.3 is 5.97 Å². The second kappa shape index (κ2) is 7.90. The van der Waals surface area contributed by atoms with Gasteiger partial charge in [-0.25, -0.2) is 9.18 Å². The van der Waals surface area contributed by atoms with Crippen molar-refractivity contribution < 1.29 is 23.5 Å². The summed E-state index contributed by atoms with van der Waals surface area (Å²) in [6.45, 7) is 2.79. The van der Waals surface area contributed by atoms with Gasteiger partial charge in [0.15, 0.2) is 11.9 Å². The van der Waals surface area contributed by atoms with Crippen molar-refractivity contribution in [2.45, 2.75) is 20.0 Å². The Kier molecular flexibility index (Phi) is 5.88. The van der Waals surface area contributed by atoms with E-state index in [0.29, 0.717) is 11.3 Å². The lowest BCUT2D eigenvalue weighted by Gasteiger charge is -2.14. The van der Waals surface area contributed by atoms with E-state index in [9.17, 15) is 18.8 Å². The molecule has 0 bridgehead atoms. The predicted octanol–water partition coefficient (Wildman–Crippen LogP) is 3.87. The molecule has 2 aromatic rings. The number of ketones is 1. The molecule has 0 unspecified atom stereocenters. The lowest BCUT2D eigenvalue weighted by molar-refractivity contribution is -0.123. The Morgan fingerprint density at radius 2 is 1.76 bits per heavy atom. The van der Waals surface area contributed by atoms with Crippen LogP contribution in [0.5, 0.6) is 0 Å². The number of hydrogen-bond donors (Lipinski definition) is 1. The highest BCUT2D eigenvalue weighted by molar-refractivity contribution is 6.33. The highest BCUT2D eigenvalue weighted by Gasteiger charge is 2.23. The lowest BCUT2D eigenvalue weighted by atomic mass is 10.1. The van der Waals surface area contributed by atoms with Crippen LogP contribution in [0.25, 0.3) is 0 Å². The minimum absolute atomic E-state index is 0.0954. The molecule has 0 aliphatic heterocycles. The Morgan fingerprint density at radius 1 is 1.12 bits per heavy atom. The second-order valence-corrected chi connectivity index (χ2v) is 5.67. The molecular weight excluding hydrogens is 349 g/mol. The summed E-state index contributed by atoms with van der Waals surface area (Å²) in [5, 5.41) is 2.44. The molecule has 0 fully saturated rings. The number of nitrogens with one attached hydrogen (secondary N) is 1. The standard InChI is InChI=1S/C18H15ClFNO4/c1-10(22)12-6-8-13(9-7-12)21-17(23)11(2)25-18(24)16-14(19)4-3-5-15(16)20/h3-9,11H,1-2H3,(H,21,23)/t11-/m1/s1. The average Bonchev–Trinajstić information content (AvgIpc) is 2.55.